The fourth-order valence-corrected chi connectivity index (χ4v) is 4.71. The second kappa shape index (κ2) is 6.89. The third-order valence-corrected chi connectivity index (χ3v) is 6.22. The third kappa shape index (κ3) is 3.12. The van der Waals surface area contributed by atoms with Crippen molar-refractivity contribution in [3.05, 3.63) is 69.9 Å². The Morgan fingerprint density at radius 1 is 1.17 bits per heavy atom. The number of allylic oxidation sites excluding steroid dienone is 3. The Bertz CT molecular complexity index is 686. The lowest BCUT2D eigenvalue weighted by atomic mass is 9.89. The molecule has 2 aliphatic heterocycles. The van der Waals surface area contributed by atoms with Crippen LogP contribution in [0.3, 0.4) is 0 Å². The first-order chi connectivity index (χ1) is 11.7. The summed E-state index contributed by atoms with van der Waals surface area (Å²) >= 11 is 3.54. The summed E-state index contributed by atoms with van der Waals surface area (Å²) in [5.41, 5.74) is 4.45. The van der Waals surface area contributed by atoms with Crippen LogP contribution in [0.4, 0.5) is 0 Å². The van der Waals surface area contributed by atoms with Crippen molar-refractivity contribution in [1.29, 1.82) is 0 Å². The molecule has 1 fully saturated rings. The maximum Gasteiger partial charge on any atom is 0.0545 e. The Morgan fingerprint density at radius 3 is 2.79 bits per heavy atom. The van der Waals surface area contributed by atoms with Crippen LogP contribution in [0.15, 0.2) is 64.3 Å². The topological polar surface area (TPSA) is 15.3 Å². The molecule has 4 rings (SSSR count). The molecule has 1 aromatic rings. The average Bonchev–Trinajstić information content (AvgIpc) is 3.17. The minimum absolute atomic E-state index is 0.478. The van der Waals surface area contributed by atoms with E-state index in [0.29, 0.717) is 18.0 Å². The minimum atomic E-state index is 0.478. The number of hydrogen-bond donors (Lipinski definition) is 1. The molecule has 1 N–H and O–H groups in total. The zero-order valence-corrected chi connectivity index (χ0v) is 15.8. The fraction of sp³-hybridized carbons (Fsp3) is 0.429. The van der Waals surface area contributed by atoms with Crippen LogP contribution in [0.5, 0.6) is 0 Å². The van der Waals surface area contributed by atoms with Crippen molar-refractivity contribution in [2.24, 2.45) is 5.92 Å². The fourth-order valence-electron chi connectivity index (χ4n) is 4.45. The van der Waals surface area contributed by atoms with Crippen LogP contribution in [0.2, 0.25) is 0 Å². The van der Waals surface area contributed by atoms with E-state index >= 15 is 0 Å². The van der Waals surface area contributed by atoms with Crippen LogP contribution in [-0.4, -0.2) is 24.0 Å². The smallest absolute Gasteiger partial charge is 0.0545 e. The molecule has 0 bridgehead atoms. The van der Waals surface area contributed by atoms with E-state index in [1.807, 2.05) is 0 Å². The Hall–Kier alpha value is -1.32. The highest BCUT2D eigenvalue weighted by Gasteiger charge is 2.31. The van der Waals surface area contributed by atoms with Gasteiger partial charge in [-0.05, 0) is 56.0 Å². The first kappa shape index (κ1) is 16.2. The number of fused-ring (bicyclic) bond motifs is 1. The normalized spacial score (nSPS) is 29.2. The van der Waals surface area contributed by atoms with Gasteiger partial charge in [0.15, 0.2) is 0 Å². The van der Waals surface area contributed by atoms with Crippen LogP contribution >= 0.6 is 15.9 Å². The van der Waals surface area contributed by atoms with E-state index in [1.165, 1.54) is 37.1 Å². The zero-order chi connectivity index (χ0) is 16.5. The lowest BCUT2D eigenvalue weighted by Gasteiger charge is -2.26. The maximum atomic E-state index is 3.65. The summed E-state index contributed by atoms with van der Waals surface area (Å²) in [7, 11) is 0. The van der Waals surface area contributed by atoms with Gasteiger partial charge in [0.25, 0.3) is 0 Å². The summed E-state index contributed by atoms with van der Waals surface area (Å²) in [5, 5.41) is 3.65. The molecule has 2 heterocycles. The number of benzene rings is 1. The van der Waals surface area contributed by atoms with Crippen LogP contribution < -0.4 is 5.32 Å². The molecule has 3 unspecified atom stereocenters. The molecule has 0 amide bonds. The van der Waals surface area contributed by atoms with Gasteiger partial charge in [0.1, 0.15) is 0 Å². The summed E-state index contributed by atoms with van der Waals surface area (Å²) in [6.45, 7) is 4.63. The molecule has 0 radical (unpaired) electrons. The molecule has 1 saturated heterocycles. The summed E-state index contributed by atoms with van der Waals surface area (Å²) in [6, 6.07) is 9.96. The third-order valence-electron chi connectivity index (χ3n) is 5.69. The second-order valence-electron chi connectivity index (χ2n) is 7.11. The van der Waals surface area contributed by atoms with Crippen molar-refractivity contribution >= 4 is 15.9 Å². The van der Waals surface area contributed by atoms with Crippen LogP contribution in [0, 0.1) is 5.92 Å². The number of rotatable bonds is 4. The SMILES string of the molecule is CC1=C(CCN2CCCC2c2ccc(Br)cc2)C2C=CC=CC2N1. The standard InChI is InChI=1S/C21H25BrN2/c1-15-18(19-5-2-3-6-20(19)23-15)12-14-24-13-4-7-21(24)16-8-10-17(22)11-9-16/h2-3,5-6,8-11,19-21,23H,4,7,12-14H2,1H3. The Balaban J connectivity index is 1.43. The van der Waals surface area contributed by atoms with E-state index in [4.69, 9.17) is 0 Å². The highest BCUT2D eigenvalue weighted by molar-refractivity contribution is 9.10. The van der Waals surface area contributed by atoms with Crippen molar-refractivity contribution in [2.45, 2.75) is 38.3 Å². The van der Waals surface area contributed by atoms with E-state index in [2.05, 4.69) is 81.6 Å². The highest BCUT2D eigenvalue weighted by atomic mass is 79.9. The van der Waals surface area contributed by atoms with Crippen LogP contribution in [0.25, 0.3) is 0 Å². The highest BCUT2D eigenvalue weighted by Crippen LogP contribution is 2.36. The second-order valence-corrected chi connectivity index (χ2v) is 8.03. The van der Waals surface area contributed by atoms with Crippen LogP contribution in [0.1, 0.15) is 37.8 Å². The molecule has 0 aromatic heterocycles. The summed E-state index contributed by atoms with van der Waals surface area (Å²) in [4.78, 5) is 2.68. The Morgan fingerprint density at radius 2 is 1.96 bits per heavy atom. The van der Waals surface area contributed by atoms with Gasteiger partial charge >= 0.3 is 0 Å². The van der Waals surface area contributed by atoms with E-state index in [9.17, 15) is 0 Å². The summed E-state index contributed by atoms with van der Waals surface area (Å²) in [6.07, 6.45) is 12.8. The zero-order valence-electron chi connectivity index (χ0n) is 14.2. The first-order valence-corrected chi connectivity index (χ1v) is 9.82. The monoisotopic (exact) mass is 384 g/mol. The van der Waals surface area contributed by atoms with Gasteiger partial charge in [0.2, 0.25) is 0 Å². The van der Waals surface area contributed by atoms with Gasteiger partial charge in [0.05, 0.1) is 6.04 Å². The van der Waals surface area contributed by atoms with Gasteiger partial charge in [-0.2, -0.15) is 0 Å². The molecule has 1 aromatic carbocycles. The minimum Gasteiger partial charge on any atom is -0.381 e. The van der Waals surface area contributed by atoms with Gasteiger partial charge in [-0.1, -0.05) is 52.4 Å². The number of nitrogens with one attached hydrogen (secondary N) is 1. The number of nitrogens with zero attached hydrogens (tertiary/aromatic N) is 1. The predicted molar refractivity (Wildman–Crippen MR) is 104 cm³/mol. The lowest BCUT2D eigenvalue weighted by molar-refractivity contribution is 0.258. The van der Waals surface area contributed by atoms with Crippen molar-refractivity contribution in [2.75, 3.05) is 13.1 Å². The van der Waals surface area contributed by atoms with Gasteiger partial charge in [-0.15, -0.1) is 0 Å². The maximum absolute atomic E-state index is 3.65. The van der Waals surface area contributed by atoms with Crippen molar-refractivity contribution in [1.82, 2.24) is 10.2 Å². The molecular formula is C21H25BrN2. The molecule has 2 nitrogen and oxygen atoms in total. The quantitative estimate of drug-likeness (QED) is 0.788. The van der Waals surface area contributed by atoms with E-state index in [-0.39, 0.29) is 0 Å². The van der Waals surface area contributed by atoms with Gasteiger partial charge < -0.3 is 5.32 Å². The molecule has 0 spiro atoms. The first-order valence-electron chi connectivity index (χ1n) is 9.03. The number of likely N-dealkylation sites (tertiary alicyclic amines) is 1. The van der Waals surface area contributed by atoms with E-state index < -0.39 is 0 Å². The van der Waals surface area contributed by atoms with Crippen LogP contribution in [-0.2, 0) is 0 Å². The molecule has 1 aliphatic carbocycles. The van der Waals surface area contributed by atoms with Gasteiger partial charge in [-0.3, -0.25) is 4.90 Å². The molecule has 3 aliphatic rings. The van der Waals surface area contributed by atoms with Crippen molar-refractivity contribution < 1.29 is 0 Å². The van der Waals surface area contributed by atoms with E-state index in [1.54, 1.807) is 5.57 Å². The van der Waals surface area contributed by atoms with E-state index in [0.717, 1.165) is 11.0 Å². The lowest BCUT2D eigenvalue weighted by Crippen LogP contribution is -2.27. The predicted octanol–water partition coefficient (Wildman–Crippen LogP) is 4.96. The van der Waals surface area contributed by atoms with Crippen molar-refractivity contribution in [3.8, 4) is 0 Å². The Kier molecular flexibility index (Phi) is 4.64. The molecule has 3 atom stereocenters. The number of halogens is 1. The molecule has 3 heteroatoms. The Labute approximate surface area is 153 Å². The molecule has 126 valence electrons. The largest absolute Gasteiger partial charge is 0.381 e. The van der Waals surface area contributed by atoms with Gasteiger partial charge in [0, 0.05) is 28.7 Å². The number of hydrogen-bond acceptors (Lipinski definition) is 2. The molecule has 0 saturated carbocycles. The van der Waals surface area contributed by atoms with Gasteiger partial charge in [-0.25, -0.2) is 0 Å². The van der Waals surface area contributed by atoms with Crippen molar-refractivity contribution in [3.63, 3.8) is 0 Å². The molecule has 24 heavy (non-hydrogen) atoms. The molecular weight excluding hydrogens is 360 g/mol. The average molecular weight is 385 g/mol. The summed E-state index contributed by atoms with van der Waals surface area (Å²) < 4.78 is 1.16. The summed E-state index contributed by atoms with van der Waals surface area (Å²) in [5.74, 6) is 0.559.